The second-order valence-electron chi connectivity index (χ2n) is 5.62. The minimum atomic E-state index is -0.136. The van der Waals surface area contributed by atoms with Gasteiger partial charge >= 0.3 is 0 Å². The summed E-state index contributed by atoms with van der Waals surface area (Å²) < 4.78 is 4.79. The third-order valence-electron chi connectivity index (χ3n) is 2.87. The number of ether oxygens (including phenoxy) is 1. The lowest BCUT2D eigenvalue weighted by Crippen LogP contribution is -2.10. The van der Waals surface area contributed by atoms with Crippen LogP contribution in [0.3, 0.4) is 0 Å². The van der Waals surface area contributed by atoms with Crippen LogP contribution in [0.15, 0.2) is 42.5 Å². The van der Waals surface area contributed by atoms with Gasteiger partial charge in [-0.1, -0.05) is 32.9 Å². The van der Waals surface area contributed by atoms with Crippen molar-refractivity contribution in [3.8, 4) is 23.0 Å². The Kier molecular flexibility index (Phi) is 5.47. The maximum absolute atomic E-state index is 9.46. The second-order valence-corrected chi connectivity index (χ2v) is 5.62. The zero-order valence-corrected chi connectivity index (χ0v) is 12.8. The van der Waals surface area contributed by atoms with E-state index < -0.39 is 0 Å². The highest BCUT2D eigenvalue weighted by Crippen LogP contribution is 2.32. The van der Waals surface area contributed by atoms with Crippen molar-refractivity contribution in [1.29, 1.82) is 0 Å². The van der Waals surface area contributed by atoms with Crippen LogP contribution in [0.1, 0.15) is 26.3 Å². The summed E-state index contributed by atoms with van der Waals surface area (Å²) in [6.45, 7) is 5.96. The summed E-state index contributed by atoms with van der Waals surface area (Å²) >= 11 is 0. The average molecular weight is 290 g/mol. The summed E-state index contributed by atoms with van der Waals surface area (Å²) in [4.78, 5) is 0. The van der Waals surface area contributed by atoms with Crippen molar-refractivity contribution in [2.75, 3.05) is 7.11 Å². The van der Waals surface area contributed by atoms with Crippen molar-refractivity contribution in [3.63, 3.8) is 0 Å². The van der Waals surface area contributed by atoms with Gasteiger partial charge in [0.15, 0.2) is 11.5 Å². The molecule has 0 bridgehead atoms. The van der Waals surface area contributed by atoms with Crippen LogP contribution in [-0.4, -0.2) is 22.4 Å². The standard InChI is InChI=1S/C10H14O2.C7H8O2/c1-10(2,3)8-6-7(11)4-5-9(8)12;1-9-7-5-3-2-4-6(7)8/h4-6,11-12H,1-3H3;2-5,8H,1H3. The topological polar surface area (TPSA) is 69.9 Å². The Morgan fingerprint density at radius 2 is 1.48 bits per heavy atom. The molecular formula is C17H22O4. The molecule has 0 unspecified atom stereocenters. The highest BCUT2D eigenvalue weighted by Gasteiger charge is 2.17. The van der Waals surface area contributed by atoms with Gasteiger partial charge in [0.05, 0.1) is 7.11 Å². The van der Waals surface area contributed by atoms with Gasteiger partial charge in [-0.25, -0.2) is 0 Å². The van der Waals surface area contributed by atoms with E-state index >= 15 is 0 Å². The fourth-order valence-corrected chi connectivity index (χ4v) is 1.75. The van der Waals surface area contributed by atoms with Crippen molar-refractivity contribution in [2.24, 2.45) is 0 Å². The summed E-state index contributed by atoms with van der Waals surface area (Å²) in [6, 6.07) is 11.4. The molecule has 2 aromatic carbocycles. The van der Waals surface area contributed by atoms with Gasteiger partial charge in [-0.05, 0) is 35.7 Å². The number of aromatic hydroxyl groups is 3. The van der Waals surface area contributed by atoms with Crippen LogP contribution in [-0.2, 0) is 5.41 Å². The van der Waals surface area contributed by atoms with Crippen LogP contribution in [0.2, 0.25) is 0 Å². The van der Waals surface area contributed by atoms with Crippen molar-refractivity contribution in [2.45, 2.75) is 26.2 Å². The Morgan fingerprint density at radius 1 is 0.857 bits per heavy atom. The summed E-state index contributed by atoms with van der Waals surface area (Å²) in [5.74, 6) is 1.12. The first kappa shape index (κ1) is 16.7. The van der Waals surface area contributed by atoms with Gasteiger partial charge in [-0.2, -0.15) is 0 Å². The summed E-state index contributed by atoms with van der Waals surface area (Å²) in [6.07, 6.45) is 0. The highest BCUT2D eigenvalue weighted by molar-refractivity contribution is 5.42. The van der Waals surface area contributed by atoms with E-state index in [0.717, 1.165) is 5.56 Å². The maximum Gasteiger partial charge on any atom is 0.160 e. The van der Waals surface area contributed by atoms with Crippen LogP contribution in [0.4, 0.5) is 0 Å². The second kappa shape index (κ2) is 6.88. The summed E-state index contributed by atoms with van der Waals surface area (Å²) in [5, 5.41) is 27.6. The van der Waals surface area contributed by atoms with Gasteiger partial charge in [0.1, 0.15) is 11.5 Å². The van der Waals surface area contributed by atoms with Crippen LogP contribution in [0, 0.1) is 0 Å². The molecule has 0 radical (unpaired) electrons. The number of phenolic OH excluding ortho intramolecular Hbond substituents is 3. The molecule has 4 heteroatoms. The van der Waals surface area contributed by atoms with Crippen LogP contribution >= 0.6 is 0 Å². The van der Waals surface area contributed by atoms with Gasteiger partial charge in [0.25, 0.3) is 0 Å². The molecule has 0 saturated carbocycles. The van der Waals surface area contributed by atoms with E-state index in [9.17, 15) is 10.2 Å². The quantitative estimate of drug-likeness (QED) is 0.699. The van der Waals surface area contributed by atoms with E-state index in [-0.39, 0.29) is 22.7 Å². The first-order valence-corrected chi connectivity index (χ1v) is 6.60. The third kappa shape index (κ3) is 4.91. The SMILES string of the molecule is CC(C)(C)c1cc(O)ccc1O.COc1ccccc1O. The Hall–Kier alpha value is -2.36. The third-order valence-corrected chi connectivity index (χ3v) is 2.87. The van der Waals surface area contributed by atoms with Gasteiger partial charge in [-0.3, -0.25) is 0 Å². The first-order valence-electron chi connectivity index (χ1n) is 6.60. The van der Waals surface area contributed by atoms with E-state index in [0.29, 0.717) is 5.75 Å². The molecule has 0 atom stereocenters. The lowest BCUT2D eigenvalue weighted by atomic mass is 9.86. The van der Waals surface area contributed by atoms with Crippen molar-refractivity contribution >= 4 is 0 Å². The van der Waals surface area contributed by atoms with E-state index in [2.05, 4.69) is 0 Å². The first-order chi connectivity index (χ1) is 9.75. The predicted molar refractivity (Wildman–Crippen MR) is 83.1 cm³/mol. The van der Waals surface area contributed by atoms with E-state index in [4.69, 9.17) is 9.84 Å². The normalized spacial score (nSPS) is 10.5. The molecule has 0 amide bonds. The Morgan fingerprint density at radius 3 is 1.90 bits per heavy atom. The Labute approximate surface area is 125 Å². The largest absolute Gasteiger partial charge is 0.508 e. The molecular weight excluding hydrogens is 268 g/mol. The number of phenols is 3. The molecule has 0 spiro atoms. The van der Waals surface area contributed by atoms with E-state index in [1.807, 2.05) is 20.8 Å². The minimum Gasteiger partial charge on any atom is -0.508 e. The highest BCUT2D eigenvalue weighted by atomic mass is 16.5. The fourth-order valence-electron chi connectivity index (χ4n) is 1.75. The Bertz CT molecular complexity index is 586. The van der Waals surface area contributed by atoms with Gasteiger partial charge in [-0.15, -0.1) is 0 Å². The number of hydrogen-bond acceptors (Lipinski definition) is 4. The molecule has 0 aliphatic carbocycles. The van der Waals surface area contributed by atoms with Crippen molar-refractivity contribution in [3.05, 3.63) is 48.0 Å². The molecule has 0 aliphatic rings. The smallest absolute Gasteiger partial charge is 0.160 e. The zero-order chi connectivity index (χ0) is 16.0. The molecule has 21 heavy (non-hydrogen) atoms. The number of para-hydroxylation sites is 2. The number of benzene rings is 2. The molecule has 3 N–H and O–H groups in total. The summed E-state index contributed by atoms with van der Waals surface area (Å²) in [7, 11) is 1.52. The number of methoxy groups -OCH3 is 1. The average Bonchev–Trinajstić information content (AvgIpc) is 2.42. The lowest BCUT2D eigenvalue weighted by molar-refractivity contribution is 0.373. The van der Waals surface area contributed by atoms with E-state index in [1.165, 1.54) is 19.2 Å². The lowest BCUT2D eigenvalue weighted by Gasteiger charge is -2.20. The summed E-state index contributed by atoms with van der Waals surface area (Å²) in [5.41, 5.74) is 0.630. The minimum absolute atomic E-state index is 0.136. The molecule has 0 aromatic heterocycles. The van der Waals surface area contributed by atoms with E-state index in [1.54, 1.807) is 30.3 Å². The number of rotatable bonds is 1. The molecule has 0 heterocycles. The fraction of sp³-hybridized carbons (Fsp3) is 0.294. The van der Waals surface area contributed by atoms with Gasteiger partial charge < -0.3 is 20.1 Å². The molecule has 0 aliphatic heterocycles. The van der Waals surface area contributed by atoms with Crippen LogP contribution in [0.25, 0.3) is 0 Å². The molecule has 4 nitrogen and oxygen atoms in total. The zero-order valence-electron chi connectivity index (χ0n) is 12.8. The van der Waals surface area contributed by atoms with Gasteiger partial charge in [0.2, 0.25) is 0 Å². The molecule has 114 valence electrons. The molecule has 2 rings (SSSR count). The van der Waals surface area contributed by atoms with Crippen LogP contribution in [0.5, 0.6) is 23.0 Å². The van der Waals surface area contributed by atoms with Crippen molar-refractivity contribution in [1.82, 2.24) is 0 Å². The van der Waals surface area contributed by atoms with Crippen LogP contribution < -0.4 is 4.74 Å². The predicted octanol–water partition coefficient (Wildman–Crippen LogP) is 3.80. The molecule has 0 saturated heterocycles. The maximum atomic E-state index is 9.46. The van der Waals surface area contributed by atoms with Crippen molar-refractivity contribution < 1.29 is 20.1 Å². The molecule has 0 fully saturated rings. The molecule has 2 aromatic rings. The Balaban J connectivity index is 0.000000219. The number of hydrogen-bond donors (Lipinski definition) is 3. The van der Waals surface area contributed by atoms with Gasteiger partial charge in [0, 0.05) is 5.56 Å². The monoisotopic (exact) mass is 290 g/mol.